The average molecular weight is 352 g/mol. The number of sulfonamides is 1. The highest BCUT2D eigenvalue weighted by atomic mass is 35.5. The van der Waals surface area contributed by atoms with Crippen LogP contribution in [0.1, 0.15) is 11.4 Å². The molecule has 0 aliphatic rings. The van der Waals surface area contributed by atoms with Crippen LogP contribution in [0.3, 0.4) is 0 Å². The first-order valence-electron chi connectivity index (χ1n) is 6.74. The van der Waals surface area contributed by atoms with Crippen molar-refractivity contribution in [3.8, 4) is 0 Å². The zero-order valence-corrected chi connectivity index (χ0v) is 14.3. The summed E-state index contributed by atoms with van der Waals surface area (Å²) >= 11 is 5.80. The summed E-state index contributed by atoms with van der Waals surface area (Å²) in [6.07, 6.45) is 0. The maximum Gasteiger partial charge on any atom is 0.266 e. The van der Waals surface area contributed by atoms with Gasteiger partial charge >= 0.3 is 0 Å². The molecular formula is C14H14ClN5O2S. The second-order valence-corrected chi connectivity index (χ2v) is 7.49. The second-order valence-electron chi connectivity index (χ2n) is 5.09. The van der Waals surface area contributed by atoms with Gasteiger partial charge in [0.15, 0.2) is 0 Å². The highest BCUT2D eigenvalue weighted by Crippen LogP contribution is 2.21. The van der Waals surface area contributed by atoms with E-state index in [0.717, 1.165) is 15.7 Å². The fourth-order valence-electron chi connectivity index (χ4n) is 2.16. The third kappa shape index (κ3) is 2.75. The van der Waals surface area contributed by atoms with Crippen LogP contribution in [0.25, 0.3) is 5.78 Å². The maximum absolute atomic E-state index is 12.6. The molecule has 0 amide bonds. The molecule has 0 unspecified atom stereocenters. The van der Waals surface area contributed by atoms with Gasteiger partial charge in [0.25, 0.3) is 21.7 Å². The molecule has 0 atom stereocenters. The quantitative estimate of drug-likeness (QED) is 0.722. The molecule has 0 N–H and O–H groups in total. The SMILES string of the molecule is Cc1cc(C)n2nc(N(C)S(=O)(=O)c3ccc(Cl)cc3)nc2n1. The van der Waals surface area contributed by atoms with E-state index in [1.165, 1.54) is 35.8 Å². The summed E-state index contributed by atoms with van der Waals surface area (Å²) in [6, 6.07) is 7.78. The first-order valence-corrected chi connectivity index (χ1v) is 8.56. The number of benzene rings is 1. The van der Waals surface area contributed by atoms with Gasteiger partial charge in [0.1, 0.15) is 0 Å². The van der Waals surface area contributed by atoms with Crippen molar-refractivity contribution in [2.75, 3.05) is 11.4 Å². The summed E-state index contributed by atoms with van der Waals surface area (Å²) in [5.41, 5.74) is 1.61. The first-order chi connectivity index (χ1) is 10.8. The van der Waals surface area contributed by atoms with E-state index < -0.39 is 10.0 Å². The Morgan fingerprint density at radius 2 is 1.78 bits per heavy atom. The van der Waals surface area contributed by atoms with Crippen LogP contribution in [0, 0.1) is 13.8 Å². The molecular weight excluding hydrogens is 338 g/mol. The van der Waals surface area contributed by atoms with Crippen LogP contribution < -0.4 is 4.31 Å². The van der Waals surface area contributed by atoms with Gasteiger partial charge in [-0.3, -0.25) is 0 Å². The average Bonchev–Trinajstić information content (AvgIpc) is 2.91. The molecule has 23 heavy (non-hydrogen) atoms. The molecule has 120 valence electrons. The predicted octanol–water partition coefficient (Wildman–Crippen LogP) is 2.22. The lowest BCUT2D eigenvalue weighted by atomic mass is 10.4. The Morgan fingerprint density at radius 1 is 1.13 bits per heavy atom. The number of hydrogen-bond donors (Lipinski definition) is 0. The van der Waals surface area contributed by atoms with E-state index in [-0.39, 0.29) is 10.8 Å². The number of rotatable bonds is 3. The molecule has 2 heterocycles. The van der Waals surface area contributed by atoms with Crippen LogP contribution in [-0.4, -0.2) is 35.0 Å². The highest BCUT2D eigenvalue weighted by Gasteiger charge is 2.25. The molecule has 2 aromatic heterocycles. The molecule has 0 bridgehead atoms. The van der Waals surface area contributed by atoms with Gasteiger partial charge in [-0.1, -0.05) is 11.6 Å². The predicted molar refractivity (Wildman–Crippen MR) is 87.3 cm³/mol. The lowest BCUT2D eigenvalue weighted by Crippen LogP contribution is -2.27. The number of aromatic nitrogens is 4. The van der Waals surface area contributed by atoms with E-state index >= 15 is 0 Å². The maximum atomic E-state index is 12.6. The number of nitrogens with zero attached hydrogens (tertiary/aromatic N) is 5. The van der Waals surface area contributed by atoms with Crippen molar-refractivity contribution >= 4 is 33.4 Å². The zero-order chi connectivity index (χ0) is 16.8. The molecule has 3 rings (SSSR count). The molecule has 0 fully saturated rings. The molecule has 7 nitrogen and oxygen atoms in total. The van der Waals surface area contributed by atoms with Crippen molar-refractivity contribution in [3.05, 3.63) is 46.7 Å². The molecule has 1 aromatic carbocycles. The number of fused-ring (bicyclic) bond motifs is 1. The molecule has 0 saturated heterocycles. The number of anilines is 1. The van der Waals surface area contributed by atoms with Crippen molar-refractivity contribution in [3.63, 3.8) is 0 Å². The summed E-state index contributed by atoms with van der Waals surface area (Å²) in [4.78, 5) is 8.58. The minimum atomic E-state index is -3.77. The smallest absolute Gasteiger partial charge is 0.235 e. The van der Waals surface area contributed by atoms with Gasteiger partial charge < -0.3 is 0 Å². The second kappa shape index (κ2) is 5.47. The van der Waals surface area contributed by atoms with E-state index in [0.29, 0.717) is 10.8 Å². The fourth-order valence-corrected chi connectivity index (χ4v) is 3.38. The Bertz CT molecular complexity index is 982. The first kappa shape index (κ1) is 15.7. The molecule has 9 heteroatoms. The number of aryl methyl sites for hydroxylation is 2. The summed E-state index contributed by atoms with van der Waals surface area (Å²) < 4.78 is 27.8. The Labute approximate surface area is 138 Å². The van der Waals surface area contributed by atoms with Gasteiger partial charge in [0, 0.05) is 23.5 Å². The molecule has 3 aromatic rings. The van der Waals surface area contributed by atoms with Crippen LogP contribution in [0.15, 0.2) is 35.2 Å². The summed E-state index contributed by atoms with van der Waals surface area (Å²) in [5, 5.41) is 4.69. The minimum Gasteiger partial charge on any atom is -0.235 e. The summed E-state index contributed by atoms with van der Waals surface area (Å²) in [7, 11) is -2.37. The topological polar surface area (TPSA) is 80.5 Å². The largest absolute Gasteiger partial charge is 0.266 e. The third-order valence-corrected chi connectivity index (χ3v) is 5.37. The zero-order valence-electron chi connectivity index (χ0n) is 12.7. The van der Waals surface area contributed by atoms with Crippen molar-refractivity contribution in [1.82, 2.24) is 19.6 Å². The van der Waals surface area contributed by atoms with Crippen LogP contribution in [0.4, 0.5) is 5.95 Å². The Balaban J connectivity index is 2.07. The van der Waals surface area contributed by atoms with Gasteiger partial charge in [-0.2, -0.15) is 9.50 Å². The lowest BCUT2D eigenvalue weighted by molar-refractivity contribution is 0.593. The highest BCUT2D eigenvalue weighted by molar-refractivity contribution is 7.92. The van der Waals surface area contributed by atoms with Crippen molar-refractivity contribution < 1.29 is 8.42 Å². The van der Waals surface area contributed by atoms with E-state index in [2.05, 4.69) is 15.1 Å². The van der Waals surface area contributed by atoms with Crippen LogP contribution in [0.2, 0.25) is 5.02 Å². The molecule has 0 spiro atoms. The van der Waals surface area contributed by atoms with Crippen molar-refractivity contribution in [1.29, 1.82) is 0 Å². The normalized spacial score (nSPS) is 11.8. The Kier molecular flexibility index (Phi) is 3.73. The van der Waals surface area contributed by atoms with Crippen LogP contribution in [-0.2, 0) is 10.0 Å². The third-order valence-electron chi connectivity index (χ3n) is 3.36. The Hall–Kier alpha value is -2.19. The Morgan fingerprint density at radius 3 is 2.43 bits per heavy atom. The van der Waals surface area contributed by atoms with E-state index in [4.69, 9.17) is 11.6 Å². The van der Waals surface area contributed by atoms with Gasteiger partial charge in [-0.25, -0.2) is 17.7 Å². The monoisotopic (exact) mass is 351 g/mol. The van der Waals surface area contributed by atoms with Gasteiger partial charge in [-0.15, -0.1) is 5.10 Å². The van der Waals surface area contributed by atoms with E-state index in [1.54, 1.807) is 0 Å². The van der Waals surface area contributed by atoms with Crippen molar-refractivity contribution in [2.45, 2.75) is 18.7 Å². The van der Waals surface area contributed by atoms with Crippen LogP contribution in [0.5, 0.6) is 0 Å². The van der Waals surface area contributed by atoms with E-state index in [1.807, 2.05) is 19.9 Å². The summed E-state index contributed by atoms with van der Waals surface area (Å²) in [6.45, 7) is 3.70. The molecule has 0 aliphatic heterocycles. The van der Waals surface area contributed by atoms with Gasteiger partial charge in [-0.05, 0) is 44.2 Å². The van der Waals surface area contributed by atoms with E-state index in [9.17, 15) is 8.42 Å². The number of halogens is 1. The van der Waals surface area contributed by atoms with Crippen molar-refractivity contribution in [2.24, 2.45) is 0 Å². The fraction of sp³-hybridized carbons (Fsp3) is 0.214. The van der Waals surface area contributed by atoms with Gasteiger partial charge in [0.05, 0.1) is 4.90 Å². The minimum absolute atomic E-state index is 0.0566. The standard InChI is InChI=1S/C14H14ClN5O2S/c1-9-8-10(2)20-13(16-9)17-14(18-20)19(3)23(21,22)12-6-4-11(15)5-7-12/h4-8H,1-3H3. The molecule has 0 aliphatic carbocycles. The summed E-state index contributed by atoms with van der Waals surface area (Å²) in [5.74, 6) is 0.414. The number of hydrogen-bond acceptors (Lipinski definition) is 5. The van der Waals surface area contributed by atoms with Gasteiger partial charge in [0.2, 0.25) is 0 Å². The van der Waals surface area contributed by atoms with Crippen LogP contribution >= 0.6 is 11.6 Å². The lowest BCUT2D eigenvalue weighted by Gasteiger charge is -2.15. The molecule has 0 radical (unpaired) electrons. The molecule has 0 saturated carbocycles.